The lowest BCUT2D eigenvalue weighted by Gasteiger charge is -2.13. The van der Waals surface area contributed by atoms with Crippen LogP contribution in [0, 0.1) is 5.41 Å². The summed E-state index contributed by atoms with van der Waals surface area (Å²) < 4.78 is 8.06. The summed E-state index contributed by atoms with van der Waals surface area (Å²) >= 11 is 16.4. The third-order valence-corrected chi connectivity index (χ3v) is 2.65. The second kappa shape index (κ2) is 6.36. The van der Waals surface area contributed by atoms with Gasteiger partial charge in [0.25, 0.3) is 3.79 Å². The first-order chi connectivity index (χ1) is 8.34. The molecule has 0 aromatic heterocycles. The Hall–Kier alpha value is -0.840. The summed E-state index contributed by atoms with van der Waals surface area (Å²) in [6, 6.07) is 4.98. The summed E-state index contributed by atoms with van der Waals surface area (Å²) in [7, 11) is 1.47. The third kappa shape index (κ3) is 4.44. The number of ether oxygens (including phenoxy) is 2. The molecule has 0 saturated carbocycles. The van der Waals surface area contributed by atoms with Crippen LogP contribution < -0.4 is 4.74 Å². The molecule has 0 bridgehead atoms. The van der Waals surface area contributed by atoms with Crippen LogP contribution in [-0.2, 0) is 11.2 Å². The van der Waals surface area contributed by atoms with Gasteiger partial charge in [0.1, 0.15) is 0 Å². The Balaban J connectivity index is 2.50. The minimum Gasteiger partial charge on any atom is -0.504 e. The van der Waals surface area contributed by atoms with Crippen molar-refractivity contribution >= 4 is 40.7 Å². The van der Waals surface area contributed by atoms with Gasteiger partial charge in [0.05, 0.1) is 13.7 Å². The van der Waals surface area contributed by atoms with Crippen LogP contribution >= 0.6 is 34.8 Å². The highest BCUT2D eigenvalue weighted by atomic mass is 35.6. The van der Waals surface area contributed by atoms with E-state index in [9.17, 15) is 5.11 Å². The average Bonchev–Trinajstić information content (AvgIpc) is 2.28. The smallest absolute Gasteiger partial charge is 0.265 e. The van der Waals surface area contributed by atoms with E-state index in [1.807, 2.05) is 0 Å². The zero-order chi connectivity index (χ0) is 13.8. The fourth-order valence-electron chi connectivity index (χ4n) is 1.24. The van der Waals surface area contributed by atoms with Crippen LogP contribution in [0.25, 0.3) is 0 Å². The molecule has 0 heterocycles. The summed E-state index contributed by atoms with van der Waals surface area (Å²) in [5.41, 5.74) is 0.824. The van der Waals surface area contributed by atoms with Gasteiger partial charge in [-0.25, -0.2) is 0 Å². The number of methoxy groups -OCH3 is 1. The molecule has 18 heavy (non-hydrogen) atoms. The third-order valence-electron chi connectivity index (χ3n) is 2.14. The first-order valence-corrected chi connectivity index (χ1v) is 6.12. The van der Waals surface area contributed by atoms with Crippen LogP contribution in [0.2, 0.25) is 0 Å². The first-order valence-electron chi connectivity index (χ1n) is 4.99. The van der Waals surface area contributed by atoms with Crippen molar-refractivity contribution in [3.63, 3.8) is 0 Å². The molecule has 0 unspecified atom stereocenters. The number of phenols is 1. The predicted octanol–water partition coefficient (Wildman–Crippen LogP) is 3.31. The monoisotopic (exact) mass is 311 g/mol. The van der Waals surface area contributed by atoms with E-state index in [2.05, 4.69) is 0 Å². The van der Waals surface area contributed by atoms with Gasteiger partial charge in [-0.1, -0.05) is 40.9 Å². The van der Waals surface area contributed by atoms with E-state index in [-0.39, 0.29) is 12.4 Å². The van der Waals surface area contributed by atoms with Gasteiger partial charge >= 0.3 is 0 Å². The van der Waals surface area contributed by atoms with Crippen molar-refractivity contribution in [1.29, 1.82) is 5.41 Å². The maximum absolute atomic E-state index is 9.56. The largest absolute Gasteiger partial charge is 0.504 e. The van der Waals surface area contributed by atoms with E-state index in [0.717, 1.165) is 5.56 Å². The van der Waals surface area contributed by atoms with Gasteiger partial charge in [-0.2, -0.15) is 0 Å². The van der Waals surface area contributed by atoms with Crippen LogP contribution in [0.1, 0.15) is 5.56 Å². The molecule has 0 spiro atoms. The Labute approximate surface area is 120 Å². The number of rotatable bonds is 4. The molecule has 0 radical (unpaired) electrons. The van der Waals surface area contributed by atoms with Crippen molar-refractivity contribution in [2.75, 3.05) is 13.7 Å². The number of aromatic hydroxyl groups is 1. The lowest BCUT2D eigenvalue weighted by Crippen LogP contribution is -2.22. The number of hydrogen-bond acceptors (Lipinski definition) is 4. The normalized spacial score (nSPS) is 11.1. The minimum atomic E-state index is -1.85. The van der Waals surface area contributed by atoms with E-state index in [1.165, 1.54) is 7.11 Å². The molecule has 0 amide bonds. The molecule has 100 valence electrons. The molecule has 7 heteroatoms. The van der Waals surface area contributed by atoms with E-state index in [0.29, 0.717) is 12.2 Å². The molecular formula is C11H12Cl3NO3. The van der Waals surface area contributed by atoms with E-state index in [1.54, 1.807) is 18.2 Å². The van der Waals surface area contributed by atoms with Gasteiger partial charge in [-0.15, -0.1) is 0 Å². The van der Waals surface area contributed by atoms with Crippen molar-refractivity contribution in [3.8, 4) is 11.5 Å². The van der Waals surface area contributed by atoms with Gasteiger partial charge in [0.15, 0.2) is 11.5 Å². The van der Waals surface area contributed by atoms with E-state index >= 15 is 0 Å². The Morgan fingerprint density at radius 2 is 2.06 bits per heavy atom. The predicted molar refractivity (Wildman–Crippen MR) is 72.3 cm³/mol. The van der Waals surface area contributed by atoms with Crippen LogP contribution in [-0.4, -0.2) is 28.5 Å². The minimum absolute atomic E-state index is 0.0476. The molecular weight excluding hydrogens is 300 g/mol. The van der Waals surface area contributed by atoms with Gasteiger partial charge < -0.3 is 14.6 Å². The van der Waals surface area contributed by atoms with Crippen LogP contribution in [0.5, 0.6) is 11.5 Å². The first kappa shape index (κ1) is 15.2. The number of nitrogens with one attached hydrogen (secondary N) is 1. The molecule has 1 aromatic carbocycles. The molecule has 0 atom stereocenters. The van der Waals surface area contributed by atoms with Crippen molar-refractivity contribution < 1.29 is 14.6 Å². The lowest BCUT2D eigenvalue weighted by molar-refractivity contribution is 0.300. The van der Waals surface area contributed by atoms with Crippen molar-refractivity contribution in [3.05, 3.63) is 23.8 Å². The SMILES string of the molecule is COc1ccc(CCOC(=N)C(Cl)(Cl)Cl)cc1O. The maximum Gasteiger partial charge on any atom is 0.265 e. The highest BCUT2D eigenvalue weighted by molar-refractivity contribution is 6.76. The molecule has 4 nitrogen and oxygen atoms in total. The molecule has 0 fully saturated rings. The molecule has 0 aliphatic carbocycles. The number of alkyl halides is 3. The van der Waals surface area contributed by atoms with Crippen molar-refractivity contribution in [1.82, 2.24) is 0 Å². The van der Waals surface area contributed by atoms with Gasteiger partial charge in [0.2, 0.25) is 5.90 Å². The number of halogens is 3. The highest BCUT2D eigenvalue weighted by Gasteiger charge is 2.28. The fourth-order valence-corrected chi connectivity index (χ4v) is 1.41. The zero-order valence-corrected chi connectivity index (χ0v) is 11.8. The quantitative estimate of drug-likeness (QED) is 0.509. The molecule has 2 N–H and O–H groups in total. The fraction of sp³-hybridized carbons (Fsp3) is 0.364. The summed E-state index contributed by atoms with van der Waals surface area (Å²) in [6.45, 7) is 0.179. The topological polar surface area (TPSA) is 62.5 Å². The summed E-state index contributed by atoms with van der Waals surface area (Å²) in [6.07, 6.45) is 0.473. The van der Waals surface area contributed by atoms with Crippen LogP contribution in [0.4, 0.5) is 0 Å². The molecule has 0 saturated heterocycles. The summed E-state index contributed by atoms with van der Waals surface area (Å²) in [5.74, 6) is 0.0189. The number of hydrogen-bond donors (Lipinski definition) is 2. The Bertz CT molecular complexity index is 432. The maximum atomic E-state index is 9.56. The zero-order valence-electron chi connectivity index (χ0n) is 9.54. The van der Waals surface area contributed by atoms with E-state index in [4.69, 9.17) is 49.7 Å². The molecule has 1 rings (SSSR count). The Kier molecular flexibility index (Phi) is 5.38. The number of benzene rings is 1. The molecule has 1 aromatic rings. The number of phenolic OH excluding ortho intramolecular Hbond substituents is 1. The van der Waals surface area contributed by atoms with E-state index < -0.39 is 9.69 Å². The Morgan fingerprint density at radius 3 is 2.56 bits per heavy atom. The van der Waals surface area contributed by atoms with Crippen LogP contribution in [0.15, 0.2) is 18.2 Å². The Morgan fingerprint density at radius 1 is 1.39 bits per heavy atom. The summed E-state index contributed by atoms with van der Waals surface area (Å²) in [5, 5.41) is 16.9. The molecule has 0 aliphatic rings. The second-order valence-corrected chi connectivity index (χ2v) is 5.71. The molecule has 0 aliphatic heterocycles. The van der Waals surface area contributed by atoms with Gasteiger partial charge in [0, 0.05) is 6.42 Å². The highest BCUT2D eigenvalue weighted by Crippen LogP contribution is 2.28. The van der Waals surface area contributed by atoms with Crippen molar-refractivity contribution in [2.24, 2.45) is 0 Å². The summed E-state index contributed by atoms with van der Waals surface area (Å²) in [4.78, 5) is 0. The van der Waals surface area contributed by atoms with Crippen LogP contribution in [0.3, 0.4) is 0 Å². The van der Waals surface area contributed by atoms with Gasteiger partial charge in [-0.3, -0.25) is 5.41 Å². The second-order valence-electron chi connectivity index (χ2n) is 3.43. The van der Waals surface area contributed by atoms with Gasteiger partial charge in [-0.05, 0) is 17.7 Å². The lowest BCUT2D eigenvalue weighted by atomic mass is 10.1. The standard InChI is InChI=1S/C11H12Cl3NO3/c1-17-9-3-2-7(6-8(9)16)4-5-18-10(15)11(12,13)14/h2-3,6,15-16H,4-5H2,1H3. The average molecular weight is 313 g/mol. The van der Waals surface area contributed by atoms with Crippen molar-refractivity contribution in [2.45, 2.75) is 10.2 Å².